The highest BCUT2D eigenvalue weighted by atomic mass is 35.5. The lowest BCUT2D eigenvalue weighted by molar-refractivity contribution is 0.202. The van der Waals surface area contributed by atoms with E-state index in [-0.39, 0.29) is 12.1 Å². The van der Waals surface area contributed by atoms with E-state index in [1.807, 2.05) is 20.8 Å². The number of anilines is 1. The summed E-state index contributed by atoms with van der Waals surface area (Å²) >= 11 is 6.02. The summed E-state index contributed by atoms with van der Waals surface area (Å²) in [6, 6.07) is 0. The minimum absolute atomic E-state index is 0.0696. The van der Waals surface area contributed by atoms with E-state index in [0.29, 0.717) is 16.8 Å². The van der Waals surface area contributed by atoms with E-state index in [1.165, 1.54) is 0 Å². The minimum Gasteiger partial charge on any atom is -0.394 e. The van der Waals surface area contributed by atoms with Gasteiger partial charge in [0.05, 0.1) is 12.1 Å². The molecular weight excluding hydrogens is 238 g/mol. The van der Waals surface area contributed by atoms with Crippen molar-refractivity contribution < 1.29 is 5.11 Å². The molecule has 5 heteroatoms. The van der Waals surface area contributed by atoms with Gasteiger partial charge in [-0.2, -0.15) is 0 Å². The fraction of sp³-hybridized carbons (Fsp3) is 0.667. The van der Waals surface area contributed by atoms with E-state index in [1.54, 1.807) is 6.92 Å². The number of halogens is 1. The van der Waals surface area contributed by atoms with Crippen molar-refractivity contribution in [1.29, 1.82) is 0 Å². The first-order chi connectivity index (χ1) is 7.98. The van der Waals surface area contributed by atoms with Crippen LogP contribution in [0.3, 0.4) is 0 Å². The molecule has 0 aromatic carbocycles. The molecule has 0 aliphatic carbocycles. The summed E-state index contributed by atoms with van der Waals surface area (Å²) in [6.07, 6.45) is 1.64. The zero-order valence-corrected chi connectivity index (χ0v) is 11.6. The summed E-state index contributed by atoms with van der Waals surface area (Å²) in [7, 11) is 0. The second-order valence-corrected chi connectivity index (χ2v) is 4.66. The van der Waals surface area contributed by atoms with Gasteiger partial charge >= 0.3 is 0 Å². The second-order valence-electron chi connectivity index (χ2n) is 4.31. The third kappa shape index (κ3) is 3.07. The molecule has 0 spiro atoms. The van der Waals surface area contributed by atoms with Gasteiger partial charge in [-0.05, 0) is 26.7 Å². The molecule has 17 heavy (non-hydrogen) atoms. The van der Waals surface area contributed by atoms with Gasteiger partial charge in [0.25, 0.3) is 0 Å². The summed E-state index contributed by atoms with van der Waals surface area (Å²) in [4.78, 5) is 8.44. The summed E-state index contributed by atoms with van der Waals surface area (Å²) < 4.78 is 0. The van der Waals surface area contributed by atoms with Crippen molar-refractivity contribution in [2.75, 3.05) is 11.9 Å². The van der Waals surface area contributed by atoms with Crippen LogP contribution in [0.1, 0.15) is 38.1 Å². The van der Waals surface area contributed by atoms with Crippen LogP contribution in [-0.4, -0.2) is 27.2 Å². The van der Waals surface area contributed by atoms with Crippen molar-refractivity contribution in [2.45, 2.75) is 46.1 Å². The predicted octanol–water partition coefficient (Wildman–Crippen LogP) is 2.71. The van der Waals surface area contributed by atoms with Crippen LogP contribution >= 0.6 is 11.6 Å². The molecular formula is C12H20ClN3O. The lowest BCUT2D eigenvalue weighted by Crippen LogP contribution is -2.41. The summed E-state index contributed by atoms with van der Waals surface area (Å²) in [6.45, 7) is 7.82. The van der Waals surface area contributed by atoms with Crippen LogP contribution in [0.4, 0.5) is 5.82 Å². The molecule has 0 bridgehead atoms. The Bertz CT molecular complexity index is 383. The first-order valence-electron chi connectivity index (χ1n) is 5.87. The lowest BCUT2D eigenvalue weighted by atomic mass is 9.94. The van der Waals surface area contributed by atoms with Crippen LogP contribution in [-0.2, 0) is 0 Å². The smallest absolute Gasteiger partial charge is 0.137 e. The Kier molecular flexibility index (Phi) is 4.71. The van der Waals surface area contributed by atoms with E-state index in [9.17, 15) is 5.11 Å². The highest BCUT2D eigenvalue weighted by molar-refractivity contribution is 6.30. The molecule has 0 fully saturated rings. The Hall–Kier alpha value is -0.870. The summed E-state index contributed by atoms with van der Waals surface area (Å²) in [5.41, 5.74) is 0.478. The first kappa shape index (κ1) is 14.2. The molecule has 0 unspecified atom stereocenters. The third-order valence-electron chi connectivity index (χ3n) is 3.24. The number of nitrogens with zero attached hydrogens (tertiary/aromatic N) is 2. The van der Waals surface area contributed by atoms with Crippen LogP contribution < -0.4 is 5.32 Å². The number of aliphatic hydroxyl groups excluding tert-OH is 1. The molecule has 0 aliphatic heterocycles. The van der Waals surface area contributed by atoms with Crippen LogP contribution in [0.15, 0.2) is 0 Å². The zero-order valence-electron chi connectivity index (χ0n) is 10.8. The number of aryl methyl sites for hydroxylation is 1. The number of aliphatic hydroxyl groups is 1. The zero-order chi connectivity index (χ0) is 13.1. The SMILES string of the molecule is CCC(CC)(CO)Nc1nc(C)nc(Cl)c1C. The first-order valence-corrected chi connectivity index (χ1v) is 6.25. The topological polar surface area (TPSA) is 58.0 Å². The van der Waals surface area contributed by atoms with Gasteiger partial charge in [0.15, 0.2) is 0 Å². The molecule has 1 aromatic rings. The molecule has 1 aromatic heterocycles. The van der Waals surface area contributed by atoms with Crippen LogP contribution in [0.25, 0.3) is 0 Å². The van der Waals surface area contributed by atoms with Gasteiger partial charge in [0.1, 0.15) is 16.8 Å². The van der Waals surface area contributed by atoms with E-state index in [0.717, 1.165) is 18.4 Å². The number of nitrogens with one attached hydrogen (secondary N) is 1. The molecule has 0 amide bonds. The maximum atomic E-state index is 9.53. The van der Waals surface area contributed by atoms with Crippen molar-refractivity contribution >= 4 is 17.4 Å². The Morgan fingerprint density at radius 3 is 2.29 bits per heavy atom. The largest absolute Gasteiger partial charge is 0.394 e. The molecule has 0 saturated carbocycles. The van der Waals surface area contributed by atoms with Gasteiger partial charge in [-0.25, -0.2) is 9.97 Å². The highest BCUT2D eigenvalue weighted by Gasteiger charge is 2.26. The van der Waals surface area contributed by atoms with Crippen molar-refractivity contribution in [3.05, 3.63) is 16.5 Å². The van der Waals surface area contributed by atoms with E-state index in [2.05, 4.69) is 15.3 Å². The molecule has 0 saturated heterocycles. The van der Waals surface area contributed by atoms with E-state index >= 15 is 0 Å². The monoisotopic (exact) mass is 257 g/mol. The average molecular weight is 258 g/mol. The fourth-order valence-corrected chi connectivity index (χ4v) is 1.87. The standard InChI is InChI=1S/C12H20ClN3O/c1-5-12(6-2,7-17)16-11-8(3)10(13)14-9(4)15-11/h17H,5-7H2,1-4H3,(H,14,15,16). The second kappa shape index (κ2) is 5.65. The summed E-state index contributed by atoms with van der Waals surface area (Å²) in [5.74, 6) is 1.34. The predicted molar refractivity (Wildman–Crippen MR) is 70.5 cm³/mol. The van der Waals surface area contributed by atoms with Gasteiger partial charge < -0.3 is 10.4 Å². The fourth-order valence-electron chi connectivity index (χ4n) is 1.66. The van der Waals surface area contributed by atoms with Gasteiger partial charge in [0.2, 0.25) is 0 Å². The highest BCUT2D eigenvalue weighted by Crippen LogP contribution is 2.26. The molecule has 1 heterocycles. The Morgan fingerprint density at radius 1 is 1.24 bits per heavy atom. The molecule has 1 rings (SSSR count). The maximum Gasteiger partial charge on any atom is 0.137 e. The number of aromatic nitrogens is 2. The van der Waals surface area contributed by atoms with Crippen molar-refractivity contribution in [3.8, 4) is 0 Å². The third-order valence-corrected chi connectivity index (χ3v) is 3.61. The quantitative estimate of drug-likeness (QED) is 0.797. The normalized spacial score (nSPS) is 11.6. The Labute approximate surface area is 107 Å². The Balaban J connectivity index is 3.09. The van der Waals surface area contributed by atoms with Crippen molar-refractivity contribution in [2.24, 2.45) is 0 Å². The Morgan fingerprint density at radius 2 is 1.82 bits per heavy atom. The van der Waals surface area contributed by atoms with Crippen molar-refractivity contribution in [3.63, 3.8) is 0 Å². The van der Waals surface area contributed by atoms with Gasteiger partial charge in [-0.1, -0.05) is 25.4 Å². The number of rotatable bonds is 5. The number of hydrogen-bond donors (Lipinski definition) is 2. The maximum absolute atomic E-state index is 9.53. The van der Waals surface area contributed by atoms with Crippen LogP contribution in [0.5, 0.6) is 0 Å². The summed E-state index contributed by atoms with van der Waals surface area (Å²) in [5, 5.41) is 13.3. The van der Waals surface area contributed by atoms with E-state index in [4.69, 9.17) is 11.6 Å². The van der Waals surface area contributed by atoms with Crippen LogP contribution in [0.2, 0.25) is 5.15 Å². The minimum atomic E-state index is -0.338. The molecule has 0 radical (unpaired) electrons. The van der Waals surface area contributed by atoms with E-state index < -0.39 is 0 Å². The molecule has 4 nitrogen and oxygen atoms in total. The van der Waals surface area contributed by atoms with Crippen molar-refractivity contribution in [1.82, 2.24) is 9.97 Å². The number of hydrogen-bond acceptors (Lipinski definition) is 4. The average Bonchev–Trinajstić information content (AvgIpc) is 2.32. The molecule has 0 atom stereocenters. The van der Waals surface area contributed by atoms with Crippen LogP contribution in [0, 0.1) is 13.8 Å². The van der Waals surface area contributed by atoms with Gasteiger partial charge in [-0.15, -0.1) is 0 Å². The molecule has 96 valence electrons. The molecule has 2 N–H and O–H groups in total. The van der Waals surface area contributed by atoms with Gasteiger partial charge in [0, 0.05) is 5.56 Å². The van der Waals surface area contributed by atoms with Gasteiger partial charge in [-0.3, -0.25) is 0 Å². The molecule has 0 aliphatic rings. The lowest BCUT2D eigenvalue weighted by Gasteiger charge is -2.32.